The Kier molecular flexibility index (Phi) is 4.18. The number of aliphatic carboxylic acids is 1. The first-order chi connectivity index (χ1) is 9.58. The Morgan fingerprint density at radius 1 is 1.15 bits per heavy atom. The van der Waals surface area contributed by atoms with E-state index in [-0.39, 0.29) is 0 Å². The zero-order valence-corrected chi connectivity index (χ0v) is 11.8. The van der Waals surface area contributed by atoms with Crippen molar-refractivity contribution in [2.45, 2.75) is 32.1 Å². The van der Waals surface area contributed by atoms with Crippen molar-refractivity contribution in [3.05, 3.63) is 65.5 Å². The van der Waals surface area contributed by atoms with Crippen molar-refractivity contribution in [3.8, 4) is 0 Å². The smallest absolute Gasteiger partial charge is 0.314 e. The van der Waals surface area contributed by atoms with Crippen LogP contribution in [-0.4, -0.2) is 16.1 Å². The summed E-state index contributed by atoms with van der Waals surface area (Å²) in [4.78, 5) is 16.4. The fraction of sp³-hybridized carbons (Fsp3) is 0.294. The Labute approximate surface area is 119 Å². The molecule has 1 aromatic heterocycles. The van der Waals surface area contributed by atoms with Gasteiger partial charge in [-0.25, -0.2) is 0 Å². The molecule has 1 unspecified atom stereocenters. The predicted octanol–water partition coefficient (Wildman–Crippen LogP) is 3.37. The Morgan fingerprint density at radius 2 is 1.85 bits per heavy atom. The van der Waals surface area contributed by atoms with Crippen LogP contribution in [0.4, 0.5) is 0 Å². The third kappa shape index (κ3) is 2.72. The minimum Gasteiger partial charge on any atom is -0.481 e. The minimum atomic E-state index is -0.915. The topological polar surface area (TPSA) is 50.2 Å². The number of carbonyl (C=O) groups is 1. The largest absolute Gasteiger partial charge is 0.481 e. The molecule has 0 aliphatic rings. The van der Waals surface area contributed by atoms with Crippen molar-refractivity contribution in [2.24, 2.45) is 0 Å². The molecule has 0 spiro atoms. The van der Waals surface area contributed by atoms with Crippen LogP contribution in [0, 0.1) is 6.92 Å². The molecule has 104 valence electrons. The summed E-state index contributed by atoms with van der Waals surface area (Å²) in [5.41, 5.74) is 1.64. The van der Waals surface area contributed by atoms with Gasteiger partial charge in [-0.1, -0.05) is 43.3 Å². The molecule has 0 saturated carbocycles. The van der Waals surface area contributed by atoms with Gasteiger partial charge in [-0.15, -0.1) is 0 Å². The Hall–Kier alpha value is -2.16. The van der Waals surface area contributed by atoms with Gasteiger partial charge in [0.25, 0.3) is 0 Å². The van der Waals surface area contributed by atoms with Crippen LogP contribution in [0.5, 0.6) is 0 Å². The average Bonchev–Trinajstić information content (AvgIpc) is 2.45. The van der Waals surface area contributed by atoms with Gasteiger partial charge in [0.2, 0.25) is 0 Å². The predicted molar refractivity (Wildman–Crippen MR) is 78.7 cm³/mol. The van der Waals surface area contributed by atoms with Gasteiger partial charge in [0, 0.05) is 17.8 Å². The zero-order chi connectivity index (χ0) is 14.6. The van der Waals surface area contributed by atoms with Crippen molar-refractivity contribution >= 4 is 5.97 Å². The van der Waals surface area contributed by atoms with Crippen molar-refractivity contribution in [2.75, 3.05) is 0 Å². The molecular formula is C17H19NO2. The van der Waals surface area contributed by atoms with Gasteiger partial charge in [0.15, 0.2) is 0 Å². The second-order valence-corrected chi connectivity index (χ2v) is 5.05. The fourth-order valence-electron chi connectivity index (χ4n) is 2.55. The van der Waals surface area contributed by atoms with Crippen LogP contribution in [0.2, 0.25) is 0 Å². The summed E-state index contributed by atoms with van der Waals surface area (Å²) in [6.07, 6.45) is 0.937. The van der Waals surface area contributed by atoms with Crippen LogP contribution >= 0.6 is 0 Å². The van der Waals surface area contributed by atoms with E-state index in [4.69, 9.17) is 0 Å². The molecule has 0 fully saturated rings. The van der Waals surface area contributed by atoms with Gasteiger partial charge in [0.05, 0.1) is 5.41 Å². The molecule has 1 N–H and O–H groups in total. The normalized spacial score (nSPS) is 13.7. The van der Waals surface area contributed by atoms with Crippen molar-refractivity contribution in [1.29, 1.82) is 0 Å². The Morgan fingerprint density at radius 3 is 2.40 bits per heavy atom. The lowest BCUT2D eigenvalue weighted by Gasteiger charge is -2.28. The number of benzene rings is 1. The molecule has 2 rings (SSSR count). The highest BCUT2D eigenvalue weighted by Crippen LogP contribution is 2.32. The molecule has 3 nitrogen and oxygen atoms in total. The molecular weight excluding hydrogens is 250 g/mol. The van der Waals surface area contributed by atoms with Gasteiger partial charge in [-0.2, -0.15) is 0 Å². The van der Waals surface area contributed by atoms with Crippen molar-refractivity contribution in [3.63, 3.8) is 0 Å². The molecule has 20 heavy (non-hydrogen) atoms. The zero-order valence-electron chi connectivity index (χ0n) is 11.8. The Bertz CT molecular complexity index is 595. The van der Waals surface area contributed by atoms with Gasteiger partial charge >= 0.3 is 5.97 Å². The number of carboxylic acid groups (broad SMARTS) is 1. The van der Waals surface area contributed by atoms with E-state index in [1.165, 1.54) is 0 Å². The SMILES string of the molecule is CCC(Cc1cccc(C)n1)(C(=O)O)c1ccccc1. The monoisotopic (exact) mass is 269 g/mol. The van der Waals surface area contributed by atoms with E-state index in [0.29, 0.717) is 12.8 Å². The van der Waals surface area contributed by atoms with E-state index in [2.05, 4.69) is 4.98 Å². The maximum Gasteiger partial charge on any atom is 0.314 e. The maximum atomic E-state index is 11.9. The van der Waals surface area contributed by atoms with Crippen LogP contribution in [0.3, 0.4) is 0 Å². The minimum absolute atomic E-state index is 0.407. The molecule has 1 heterocycles. The van der Waals surface area contributed by atoms with E-state index in [0.717, 1.165) is 17.0 Å². The highest BCUT2D eigenvalue weighted by Gasteiger charge is 2.39. The van der Waals surface area contributed by atoms with Crippen LogP contribution in [0.1, 0.15) is 30.3 Å². The molecule has 0 aliphatic carbocycles. The van der Waals surface area contributed by atoms with E-state index >= 15 is 0 Å². The fourth-order valence-corrected chi connectivity index (χ4v) is 2.55. The van der Waals surface area contributed by atoms with Crippen LogP contribution in [0.25, 0.3) is 0 Å². The number of pyridine rings is 1. The van der Waals surface area contributed by atoms with Gasteiger partial charge in [-0.05, 0) is 31.0 Å². The highest BCUT2D eigenvalue weighted by atomic mass is 16.4. The number of rotatable bonds is 5. The number of aryl methyl sites for hydroxylation is 1. The van der Waals surface area contributed by atoms with E-state index in [9.17, 15) is 9.90 Å². The van der Waals surface area contributed by atoms with Crippen molar-refractivity contribution in [1.82, 2.24) is 4.98 Å². The quantitative estimate of drug-likeness (QED) is 0.905. The van der Waals surface area contributed by atoms with E-state index in [1.807, 2.05) is 62.4 Å². The summed E-state index contributed by atoms with van der Waals surface area (Å²) in [5.74, 6) is -0.797. The molecule has 0 amide bonds. The van der Waals surface area contributed by atoms with Gasteiger partial charge < -0.3 is 5.11 Å². The lowest BCUT2D eigenvalue weighted by molar-refractivity contribution is -0.144. The van der Waals surface area contributed by atoms with Crippen LogP contribution in [-0.2, 0) is 16.6 Å². The number of hydrogen-bond donors (Lipinski definition) is 1. The van der Waals surface area contributed by atoms with Gasteiger partial charge in [0.1, 0.15) is 0 Å². The molecule has 0 saturated heterocycles. The van der Waals surface area contributed by atoms with Crippen molar-refractivity contribution < 1.29 is 9.90 Å². The van der Waals surface area contributed by atoms with E-state index < -0.39 is 11.4 Å². The second kappa shape index (κ2) is 5.87. The molecule has 0 radical (unpaired) electrons. The molecule has 0 aliphatic heterocycles. The summed E-state index contributed by atoms with van der Waals surface area (Å²) in [7, 11) is 0. The standard InChI is InChI=1S/C17H19NO2/c1-3-17(16(19)20,14-9-5-4-6-10-14)12-15-11-7-8-13(2)18-15/h4-11H,3,12H2,1-2H3,(H,19,20). The number of aromatic nitrogens is 1. The van der Waals surface area contributed by atoms with Crippen LogP contribution in [0.15, 0.2) is 48.5 Å². The van der Waals surface area contributed by atoms with E-state index in [1.54, 1.807) is 0 Å². The first-order valence-electron chi connectivity index (χ1n) is 6.80. The summed E-state index contributed by atoms with van der Waals surface area (Å²) in [5, 5.41) is 9.78. The first-order valence-corrected chi connectivity index (χ1v) is 6.80. The van der Waals surface area contributed by atoms with Gasteiger partial charge in [-0.3, -0.25) is 9.78 Å². The molecule has 1 aromatic carbocycles. The van der Waals surface area contributed by atoms with Crippen LogP contribution < -0.4 is 0 Å². The average molecular weight is 269 g/mol. The summed E-state index contributed by atoms with van der Waals surface area (Å²) >= 11 is 0. The third-order valence-electron chi connectivity index (χ3n) is 3.77. The lowest BCUT2D eigenvalue weighted by Crippen LogP contribution is -2.37. The molecule has 0 bridgehead atoms. The summed E-state index contributed by atoms with van der Waals surface area (Å²) in [6, 6.07) is 15.2. The number of carboxylic acids is 1. The summed E-state index contributed by atoms with van der Waals surface area (Å²) < 4.78 is 0. The summed E-state index contributed by atoms with van der Waals surface area (Å²) in [6.45, 7) is 3.83. The Balaban J connectivity index is 2.45. The second-order valence-electron chi connectivity index (χ2n) is 5.05. The number of hydrogen-bond acceptors (Lipinski definition) is 2. The maximum absolute atomic E-state index is 11.9. The lowest BCUT2D eigenvalue weighted by atomic mass is 9.74. The number of nitrogens with zero attached hydrogens (tertiary/aromatic N) is 1. The molecule has 3 heteroatoms. The third-order valence-corrected chi connectivity index (χ3v) is 3.77. The molecule has 1 atom stereocenters. The molecule has 2 aromatic rings. The highest BCUT2D eigenvalue weighted by molar-refractivity contribution is 5.81. The first kappa shape index (κ1) is 14.3.